The molecule has 0 heterocycles. The smallest absolute Gasteiger partial charge is 0.234 e. The molecule has 0 saturated carbocycles. The van der Waals surface area contributed by atoms with Crippen LogP contribution in [-0.2, 0) is 4.79 Å². The Morgan fingerprint density at radius 2 is 2.11 bits per heavy atom. The number of ether oxygens (including phenoxy) is 1. The van der Waals surface area contributed by atoms with E-state index in [2.05, 4.69) is 42.3 Å². The third kappa shape index (κ3) is 3.84. The highest BCUT2D eigenvalue weighted by atomic mass is 79.9. The van der Waals surface area contributed by atoms with E-state index in [0.29, 0.717) is 15.9 Å². The number of halogens is 2. The van der Waals surface area contributed by atoms with E-state index in [4.69, 9.17) is 15.7 Å². The molecule has 0 spiro atoms. The van der Waals surface area contributed by atoms with E-state index in [1.54, 1.807) is 12.1 Å². The molecule has 6 nitrogen and oxygen atoms in total. The summed E-state index contributed by atoms with van der Waals surface area (Å²) in [7, 11) is 1.53. The number of oxime groups is 1. The molecular weight excluding hydrogens is 382 g/mol. The first-order valence-electron chi connectivity index (χ1n) is 5.22. The number of benzene rings is 1. The standard InChI is InChI=1S/C11H13Br2N3O3/c1-5(10(14)16-18)11(17)15-8-4-9(19-2)7(13)3-6(8)12/h3-5,18H,1-2H3,(H2,14,16)(H,15,17). The molecule has 1 rings (SSSR count). The molecule has 0 fully saturated rings. The lowest BCUT2D eigenvalue weighted by atomic mass is 10.1. The number of rotatable bonds is 4. The number of nitrogens with one attached hydrogen (secondary N) is 1. The Bertz CT molecular complexity index is 520. The Labute approximate surface area is 127 Å². The number of methoxy groups -OCH3 is 1. The maximum Gasteiger partial charge on any atom is 0.234 e. The van der Waals surface area contributed by atoms with Gasteiger partial charge in [-0.1, -0.05) is 5.16 Å². The second-order valence-electron chi connectivity index (χ2n) is 3.70. The van der Waals surface area contributed by atoms with Crippen molar-refractivity contribution in [1.82, 2.24) is 0 Å². The van der Waals surface area contributed by atoms with Gasteiger partial charge in [0.2, 0.25) is 5.91 Å². The zero-order chi connectivity index (χ0) is 14.6. The SMILES string of the molecule is COc1cc(NC(=O)C(C)/C(N)=N/O)c(Br)cc1Br. The summed E-state index contributed by atoms with van der Waals surface area (Å²) in [4.78, 5) is 11.9. The number of carbonyl (C=O) groups is 1. The quantitative estimate of drug-likeness (QED) is 0.316. The Balaban J connectivity index is 2.97. The Morgan fingerprint density at radius 1 is 1.47 bits per heavy atom. The number of nitrogens with two attached hydrogens (primary N) is 1. The fourth-order valence-corrected chi connectivity index (χ4v) is 2.50. The monoisotopic (exact) mass is 393 g/mol. The minimum absolute atomic E-state index is 0.155. The molecule has 0 aliphatic heterocycles. The van der Waals surface area contributed by atoms with Crippen molar-refractivity contribution in [3.63, 3.8) is 0 Å². The molecule has 0 aromatic heterocycles. The molecule has 0 aliphatic carbocycles. The van der Waals surface area contributed by atoms with Crippen LogP contribution in [0.4, 0.5) is 5.69 Å². The van der Waals surface area contributed by atoms with Gasteiger partial charge in [0, 0.05) is 10.5 Å². The average molecular weight is 395 g/mol. The number of hydrogen-bond donors (Lipinski definition) is 3. The van der Waals surface area contributed by atoms with Crippen LogP contribution in [0.5, 0.6) is 5.75 Å². The molecule has 1 atom stereocenters. The van der Waals surface area contributed by atoms with Crippen LogP contribution in [0.1, 0.15) is 6.92 Å². The number of amidine groups is 1. The fraction of sp³-hybridized carbons (Fsp3) is 0.273. The number of amides is 1. The van der Waals surface area contributed by atoms with Gasteiger partial charge in [0.1, 0.15) is 5.75 Å². The van der Waals surface area contributed by atoms with Crippen molar-refractivity contribution >= 4 is 49.3 Å². The van der Waals surface area contributed by atoms with Gasteiger partial charge in [0.25, 0.3) is 0 Å². The Kier molecular flexibility index (Phi) is 5.61. The molecule has 1 amide bonds. The van der Waals surface area contributed by atoms with Crippen molar-refractivity contribution in [2.75, 3.05) is 12.4 Å². The summed E-state index contributed by atoms with van der Waals surface area (Å²) in [6, 6.07) is 3.41. The molecule has 0 aliphatic rings. The minimum Gasteiger partial charge on any atom is -0.495 e. The summed E-state index contributed by atoms with van der Waals surface area (Å²) in [5, 5.41) is 14.0. The van der Waals surface area contributed by atoms with E-state index in [1.807, 2.05) is 0 Å². The largest absolute Gasteiger partial charge is 0.495 e. The first kappa shape index (κ1) is 15.8. The highest BCUT2D eigenvalue weighted by molar-refractivity contribution is 9.11. The van der Waals surface area contributed by atoms with Crippen LogP contribution < -0.4 is 15.8 Å². The predicted molar refractivity (Wildman–Crippen MR) is 79.6 cm³/mol. The lowest BCUT2D eigenvalue weighted by Crippen LogP contribution is -2.32. The van der Waals surface area contributed by atoms with E-state index in [1.165, 1.54) is 14.0 Å². The number of hydrogen-bond acceptors (Lipinski definition) is 4. The van der Waals surface area contributed by atoms with E-state index in [0.717, 1.165) is 4.47 Å². The summed E-state index contributed by atoms with van der Waals surface area (Å²) < 4.78 is 6.58. The molecule has 0 saturated heterocycles. The zero-order valence-corrected chi connectivity index (χ0v) is 13.4. The average Bonchev–Trinajstić information content (AvgIpc) is 2.39. The van der Waals surface area contributed by atoms with Gasteiger partial charge in [-0.25, -0.2) is 0 Å². The second-order valence-corrected chi connectivity index (χ2v) is 5.41. The van der Waals surface area contributed by atoms with Crippen molar-refractivity contribution < 1.29 is 14.7 Å². The summed E-state index contributed by atoms with van der Waals surface area (Å²) in [5.74, 6) is -0.709. The van der Waals surface area contributed by atoms with Crippen molar-refractivity contribution in [3.8, 4) is 5.75 Å². The van der Waals surface area contributed by atoms with Crippen LogP contribution >= 0.6 is 31.9 Å². The van der Waals surface area contributed by atoms with Crippen molar-refractivity contribution in [1.29, 1.82) is 0 Å². The van der Waals surface area contributed by atoms with Crippen LogP contribution in [-0.4, -0.2) is 24.1 Å². The van der Waals surface area contributed by atoms with E-state index in [-0.39, 0.29) is 11.7 Å². The zero-order valence-electron chi connectivity index (χ0n) is 10.3. The minimum atomic E-state index is -0.744. The number of anilines is 1. The lowest BCUT2D eigenvalue weighted by Gasteiger charge is -2.13. The maximum atomic E-state index is 11.9. The van der Waals surface area contributed by atoms with Crippen molar-refractivity contribution in [2.45, 2.75) is 6.92 Å². The third-order valence-electron chi connectivity index (χ3n) is 2.45. The topological polar surface area (TPSA) is 96.9 Å². The van der Waals surface area contributed by atoms with Gasteiger partial charge in [0.05, 0.1) is 23.2 Å². The van der Waals surface area contributed by atoms with Crippen molar-refractivity contribution in [2.24, 2.45) is 16.8 Å². The van der Waals surface area contributed by atoms with Gasteiger partial charge in [-0.2, -0.15) is 0 Å². The first-order valence-corrected chi connectivity index (χ1v) is 6.80. The molecular formula is C11H13Br2N3O3. The van der Waals surface area contributed by atoms with Crippen molar-refractivity contribution in [3.05, 3.63) is 21.1 Å². The van der Waals surface area contributed by atoms with Gasteiger partial charge < -0.3 is 21.0 Å². The van der Waals surface area contributed by atoms with E-state index in [9.17, 15) is 4.79 Å². The van der Waals surface area contributed by atoms with Crippen LogP contribution in [0.15, 0.2) is 26.2 Å². The molecule has 1 aromatic rings. The number of nitrogens with zero attached hydrogens (tertiary/aromatic N) is 1. The molecule has 1 aromatic carbocycles. The lowest BCUT2D eigenvalue weighted by molar-refractivity contribution is -0.117. The maximum absolute atomic E-state index is 11.9. The molecule has 8 heteroatoms. The Morgan fingerprint density at radius 3 is 2.63 bits per heavy atom. The normalized spacial score (nSPS) is 12.9. The van der Waals surface area contributed by atoms with E-state index >= 15 is 0 Å². The van der Waals surface area contributed by atoms with Crippen LogP contribution in [0.25, 0.3) is 0 Å². The van der Waals surface area contributed by atoms with Gasteiger partial charge >= 0.3 is 0 Å². The molecule has 0 radical (unpaired) electrons. The molecule has 1 unspecified atom stereocenters. The van der Waals surface area contributed by atoms with Crippen LogP contribution in [0, 0.1) is 5.92 Å². The molecule has 4 N–H and O–H groups in total. The van der Waals surface area contributed by atoms with Gasteiger partial charge in [-0.05, 0) is 44.8 Å². The highest BCUT2D eigenvalue weighted by Crippen LogP contribution is 2.34. The Hall–Kier alpha value is -1.28. The summed E-state index contributed by atoms with van der Waals surface area (Å²) in [6.45, 7) is 1.54. The van der Waals surface area contributed by atoms with Gasteiger partial charge in [0.15, 0.2) is 5.84 Å². The molecule has 0 bridgehead atoms. The fourth-order valence-electron chi connectivity index (χ4n) is 1.24. The van der Waals surface area contributed by atoms with E-state index < -0.39 is 5.92 Å². The summed E-state index contributed by atoms with van der Waals surface area (Å²) in [6.07, 6.45) is 0. The van der Waals surface area contributed by atoms with Gasteiger partial charge in [-0.3, -0.25) is 4.79 Å². The predicted octanol–water partition coefficient (Wildman–Crippen LogP) is 2.54. The molecule has 19 heavy (non-hydrogen) atoms. The van der Waals surface area contributed by atoms with Crippen LogP contribution in [0.2, 0.25) is 0 Å². The summed E-state index contributed by atoms with van der Waals surface area (Å²) in [5.41, 5.74) is 5.91. The second kappa shape index (κ2) is 6.76. The van der Waals surface area contributed by atoms with Crippen LogP contribution in [0.3, 0.4) is 0 Å². The van der Waals surface area contributed by atoms with Gasteiger partial charge in [-0.15, -0.1) is 0 Å². The first-order chi connectivity index (χ1) is 8.90. The third-order valence-corrected chi connectivity index (χ3v) is 3.73. The summed E-state index contributed by atoms with van der Waals surface area (Å²) >= 11 is 6.66. The highest BCUT2D eigenvalue weighted by Gasteiger charge is 2.19. The molecule has 104 valence electrons. The number of carbonyl (C=O) groups excluding carboxylic acids is 1.